The number of carboxylic acid groups (broad SMARTS) is 1. The Balaban J connectivity index is 0.000000738. The molecule has 4 atom stereocenters. The number of nitrogens with one attached hydrogen (secondary N) is 2. The summed E-state index contributed by atoms with van der Waals surface area (Å²) in [7, 11) is 0. The van der Waals surface area contributed by atoms with Gasteiger partial charge in [0.1, 0.15) is 5.82 Å². The molecule has 250 valence electrons. The zero-order valence-corrected chi connectivity index (χ0v) is 24.3. The van der Waals surface area contributed by atoms with E-state index in [-0.39, 0.29) is 30.3 Å². The first-order valence-corrected chi connectivity index (χ1v) is 13.4. The molecular weight excluding hydrogens is 633 g/mol. The van der Waals surface area contributed by atoms with Crippen molar-refractivity contribution in [1.29, 1.82) is 0 Å². The summed E-state index contributed by atoms with van der Waals surface area (Å²) >= 11 is 0. The van der Waals surface area contributed by atoms with Crippen molar-refractivity contribution in [2.45, 2.75) is 57.8 Å². The maximum Gasteiger partial charge on any atom is 0.586 e. The van der Waals surface area contributed by atoms with E-state index >= 15 is 0 Å². The van der Waals surface area contributed by atoms with E-state index in [1.54, 1.807) is 26.0 Å². The number of imide groups is 1. The van der Waals surface area contributed by atoms with E-state index in [9.17, 15) is 41.1 Å². The van der Waals surface area contributed by atoms with E-state index in [4.69, 9.17) is 20.4 Å². The largest absolute Gasteiger partial charge is 0.586 e. The lowest BCUT2D eigenvalue weighted by Gasteiger charge is -2.44. The van der Waals surface area contributed by atoms with Gasteiger partial charge in [-0.15, -0.1) is 8.78 Å². The second kappa shape index (κ2) is 13.9. The van der Waals surface area contributed by atoms with Gasteiger partial charge >= 0.3 is 30.4 Å². The predicted octanol–water partition coefficient (Wildman–Crippen LogP) is 2.73. The predicted molar refractivity (Wildman–Crippen MR) is 144 cm³/mol. The van der Waals surface area contributed by atoms with Gasteiger partial charge in [-0.2, -0.15) is 13.2 Å². The number of anilines is 1. The average Bonchev–Trinajstić information content (AvgIpc) is 3.27. The van der Waals surface area contributed by atoms with Crippen LogP contribution in [0.2, 0.25) is 0 Å². The number of rotatable bonds is 8. The van der Waals surface area contributed by atoms with Crippen LogP contribution in [0, 0.1) is 5.92 Å². The number of nitrogens with two attached hydrogens (primary N) is 1. The van der Waals surface area contributed by atoms with Crippen LogP contribution in [-0.2, 0) is 30.3 Å². The van der Waals surface area contributed by atoms with Gasteiger partial charge in [-0.05, 0) is 62.6 Å². The monoisotopic (exact) mass is 661 g/mol. The second-order valence-electron chi connectivity index (χ2n) is 9.89. The molecule has 1 saturated heterocycles. The van der Waals surface area contributed by atoms with E-state index in [0.29, 0.717) is 11.1 Å². The van der Waals surface area contributed by atoms with E-state index in [1.165, 1.54) is 31.3 Å². The minimum absolute atomic E-state index is 0.0344. The van der Waals surface area contributed by atoms with Crippen molar-refractivity contribution < 1.29 is 65.2 Å². The Kier molecular flexibility index (Phi) is 10.7. The zero-order chi connectivity index (χ0) is 34.6. The van der Waals surface area contributed by atoms with Crippen LogP contribution >= 0.6 is 0 Å². The fourth-order valence-electron chi connectivity index (χ4n) is 4.21. The van der Waals surface area contributed by atoms with Crippen LogP contribution in [0.15, 0.2) is 36.5 Å². The van der Waals surface area contributed by atoms with Crippen LogP contribution < -0.4 is 25.8 Å². The topological polar surface area (TPSA) is 199 Å². The van der Waals surface area contributed by atoms with Gasteiger partial charge in [-0.25, -0.2) is 24.3 Å². The van der Waals surface area contributed by atoms with E-state index < -0.39 is 66.3 Å². The first kappa shape index (κ1) is 35.4. The lowest BCUT2D eigenvalue weighted by molar-refractivity contribution is -0.286. The summed E-state index contributed by atoms with van der Waals surface area (Å²) in [5, 5.41) is 12.3. The van der Waals surface area contributed by atoms with Crippen LogP contribution in [0.5, 0.6) is 11.5 Å². The van der Waals surface area contributed by atoms with E-state index in [1.807, 2.05) is 0 Å². The van der Waals surface area contributed by atoms with Crippen LogP contribution in [0.4, 0.5) is 32.6 Å². The Morgan fingerprint density at radius 2 is 1.76 bits per heavy atom. The maximum atomic E-state index is 13.3. The highest BCUT2D eigenvalue weighted by atomic mass is 19.4. The number of fused-ring (bicyclic) bond motifs is 1. The number of ether oxygens (including phenoxy) is 3. The Morgan fingerprint density at radius 3 is 2.35 bits per heavy atom. The number of carboxylic acids is 1. The lowest BCUT2D eigenvalue weighted by Crippen LogP contribution is -2.69. The number of carbonyl (C=O) groups excluding carboxylic acids is 4. The summed E-state index contributed by atoms with van der Waals surface area (Å²) in [6, 6.07) is 3.63. The van der Waals surface area contributed by atoms with Gasteiger partial charge in [0.05, 0.1) is 24.6 Å². The van der Waals surface area contributed by atoms with Crippen molar-refractivity contribution in [3.63, 3.8) is 0 Å². The average molecular weight is 662 g/mol. The second-order valence-corrected chi connectivity index (χ2v) is 9.89. The van der Waals surface area contributed by atoms with E-state index in [2.05, 4.69) is 25.1 Å². The number of nitrogens with zero attached hydrogens (tertiary/aromatic N) is 2. The molecule has 0 spiro atoms. The normalized spacial score (nSPS) is 19.1. The molecule has 4 amide bonds. The molecule has 3 heterocycles. The quantitative estimate of drug-likeness (QED) is 0.184. The van der Waals surface area contributed by atoms with Crippen molar-refractivity contribution in [3.8, 4) is 11.5 Å². The molecule has 19 heteroatoms. The first-order chi connectivity index (χ1) is 21.3. The number of β-lactam (4-membered cyclic amide) rings is 1. The Bertz CT molecular complexity index is 1500. The smallest absolute Gasteiger partial charge is 0.475 e. The van der Waals surface area contributed by atoms with Gasteiger partial charge in [0.25, 0.3) is 0 Å². The molecule has 5 N–H and O–H groups in total. The van der Waals surface area contributed by atoms with Crippen LogP contribution in [0.1, 0.15) is 37.9 Å². The van der Waals surface area contributed by atoms with Gasteiger partial charge in [-0.1, -0.05) is 6.07 Å². The molecule has 0 bridgehead atoms. The third-order valence-electron chi connectivity index (χ3n) is 6.41. The number of pyridine rings is 1. The standard InChI is InChI=1S/C25H27F2N5O7.C2HF3O2/c1-4-37-23(35)20-16(9-14-7-8-29-19(10-14)31-21(33)12(2)28)22(34)32(20)24(36)30-13(3)15-5-6-17-18(11-15)39-25(26,27)38-17;3-2(4,5)1(6)7/h5-8,10-13,16,20H,4,9,28H2,1-3H3,(H,30,36)(H,29,31,33);(H,6,7)/t12-,13+,16+,20-;/m0./s1. The maximum absolute atomic E-state index is 13.3. The Morgan fingerprint density at radius 1 is 1.13 bits per heavy atom. The lowest BCUT2D eigenvalue weighted by atomic mass is 9.82. The number of benzene rings is 1. The Labute approximate surface area is 257 Å². The molecular formula is C27H28F5N5O9. The molecule has 0 radical (unpaired) electrons. The molecule has 0 unspecified atom stereocenters. The van der Waals surface area contributed by atoms with Crippen molar-refractivity contribution in [1.82, 2.24) is 15.2 Å². The minimum Gasteiger partial charge on any atom is -0.475 e. The third kappa shape index (κ3) is 8.55. The number of carbonyl (C=O) groups is 5. The third-order valence-corrected chi connectivity index (χ3v) is 6.41. The molecule has 2 aliphatic heterocycles. The van der Waals surface area contributed by atoms with Crippen LogP contribution in [-0.4, -0.2) is 75.9 Å². The van der Waals surface area contributed by atoms with Crippen molar-refractivity contribution >= 4 is 35.6 Å². The molecule has 4 rings (SSSR count). The summed E-state index contributed by atoms with van der Waals surface area (Å²) in [5.74, 6) is -5.60. The molecule has 46 heavy (non-hydrogen) atoms. The number of hydrogen-bond acceptors (Lipinski definition) is 10. The highest BCUT2D eigenvalue weighted by molar-refractivity contribution is 6.08. The van der Waals surface area contributed by atoms with Gasteiger partial charge in [0.2, 0.25) is 11.8 Å². The molecule has 1 fully saturated rings. The van der Waals surface area contributed by atoms with Gasteiger partial charge < -0.3 is 35.7 Å². The number of esters is 1. The summed E-state index contributed by atoms with van der Waals surface area (Å²) in [6.45, 7) is 4.72. The number of halogens is 5. The Hall–Kier alpha value is -5.07. The van der Waals surface area contributed by atoms with Gasteiger partial charge in [-0.3, -0.25) is 9.59 Å². The number of amides is 4. The van der Waals surface area contributed by atoms with Gasteiger partial charge in [0, 0.05) is 6.20 Å². The SMILES string of the molecule is CCOC(=O)[C@@H]1[C@@H](Cc2ccnc(NC(=O)[C@H](C)N)c2)C(=O)N1C(=O)N[C@H](C)c1ccc2c(c1)OC(F)(F)O2.O=C(O)C(F)(F)F. The first-order valence-electron chi connectivity index (χ1n) is 13.4. The number of aromatic nitrogens is 1. The number of urea groups is 1. The van der Waals surface area contributed by atoms with Crippen LogP contribution in [0.3, 0.4) is 0 Å². The molecule has 1 aromatic carbocycles. The highest BCUT2D eigenvalue weighted by Gasteiger charge is 2.55. The summed E-state index contributed by atoms with van der Waals surface area (Å²) in [4.78, 5) is 64.5. The fraction of sp³-hybridized carbons (Fsp3) is 0.407. The molecule has 2 aliphatic rings. The molecule has 0 saturated carbocycles. The van der Waals surface area contributed by atoms with Crippen LogP contribution in [0.25, 0.3) is 0 Å². The summed E-state index contributed by atoms with van der Waals surface area (Å²) in [5.41, 5.74) is 6.55. The fourth-order valence-corrected chi connectivity index (χ4v) is 4.21. The van der Waals surface area contributed by atoms with Crippen molar-refractivity contribution in [2.24, 2.45) is 11.7 Å². The zero-order valence-electron chi connectivity index (χ0n) is 24.3. The van der Waals surface area contributed by atoms with Gasteiger partial charge in [0.15, 0.2) is 17.5 Å². The molecule has 2 aromatic rings. The molecule has 0 aliphatic carbocycles. The number of hydrogen-bond donors (Lipinski definition) is 4. The van der Waals surface area contributed by atoms with Crippen molar-refractivity contribution in [3.05, 3.63) is 47.7 Å². The highest BCUT2D eigenvalue weighted by Crippen LogP contribution is 2.42. The number of aliphatic carboxylic acids is 1. The summed E-state index contributed by atoms with van der Waals surface area (Å²) < 4.78 is 72.3. The van der Waals surface area contributed by atoms with Crippen molar-refractivity contribution in [2.75, 3.05) is 11.9 Å². The molecule has 14 nitrogen and oxygen atoms in total. The summed E-state index contributed by atoms with van der Waals surface area (Å²) in [6.07, 6.45) is -7.37. The minimum atomic E-state index is -5.08. The number of alkyl halides is 5. The van der Waals surface area contributed by atoms with E-state index in [0.717, 1.165) is 4.90 Å². The number of likely N-dealkylation sites (tertiary alicyclic amines) is 1. The molecule has 1 aromatic heterocycles.